The van der Waals surface area contributed by atoms with E-state index in [0.29, 0.717) is 0 Å². The average Bonchev–Trinajstić information content (AvgIpc) is 0.811. The monoisotopic (exact) mass is 253 g/mol. The Kier molecular flexibility index (Phi) is 2.61. The van der Waals surface area contributed by atoms with E-state index >= 15 is 0 Å². The topological polar surface area (TPSA) is 3.24 Å². The number of hydrogen-bond acceptors (Lipinski definition) is 1. The van der Waals surface area contributed by atoms with Gasteiger partial charge in [-0.15, -0.1) is 0 Å². The van der Waals surface area contributed by atoms with Gasteiger partial charge in [-0.05, 0) is 0 Å². The van der Waals surface area contributed by atoms with Crippen LogP contribution in [0.5, 0.6) is 0 Å². The molecule has 1 nitrogen and oxygen atoms in total. The van der Waals surface area contributed by atoms with Crippen LogP contribution >= 0.6 is 0 Å². The predicted octanol–water partition coefficient (Wildman–Crippen LogP) is -0.636. The van der Waals surface area contributed by atoms with E-state index in [-0.39, 0.29) is 0 Å². The quantitative estimate of drug-likeness (QED) is 0.519. The minimum absolute atomic E-state index is 1.02. The van der Waals surface area contributed by atoms with Crippen LogP contribution in [-0.4, -0.2) is 42.9 Å². The molecule has 0 saturated heterocycles. The van der Waals surface area contributed by atoms with Crippen molar-refractivity contribution >= 4 is 26.1 Å². The summed E-state index contributed by atoms with van der Waals surface area (Å²) in [7, 11) is 4.15. The molecule has 2 heteroatoms. The molecule has 0 rings (SSSR count). The molecule has 0 atom stereocenters. The molecule has 0 fully saturated rings. The Hall–Kier alpha value is 0.882. The van der Waals surface area contributed by atoms with Crippen molar-refractivity contribution in [1.29, 1.82) is 0 Å². The van der Waals surface area contributed by atoms with Gasteiger partial charge < -0.3 is 0 Å². The zero-order valence-corrected chi connectivity index (χ0v) is 7.51. The van der Waals surface area contributed by atoms with Crippen LogP contribution in [-0.2, 0) is 0 Å². The van der Waals surface area contributed by atoms with Crippen molar-refractivity contribution in [3.63, 3.8) is 0 Å². The molecular weight excluding hydrogens is 245 g/mol. The summed E-state index contributed by atoms with van der Waals surface area (Å²) in [5, 5.41) is 0. The van der Waals surface area contributed by atoms with Crippen LogP contribution in [0.4, 0.5) is 0 Å². The Balaban J connectivity index is 2.32. The molecule has 4 heavy (non-hydrogen) atoms. The molecule has 0 aromatic carbocycles. The fraction of sp³-hybridized carbons (Fsp3) is 1.00. The second-order valence-corrected chi connectivity index (χ2v) is 4.98. The van der Waals surface area contributed by atoms with Crippen LogP contribution in [0.3, 0.4) is 0 Å². The summed E-state index contributed by atoms with van der Waals surface area (Å²) in [6.07, 6.45) is 0. The average molecular weight is 252 g/mol. The molecule has 0 aliphatic carbocycles. The second-order valence-electron chi connectivity index (χ2n) is 0.964. The summed E-state index contributed by atoms with van der Waals surface area (Å²) < 4.78 is 2.17. The number of nitrogens with zero attached hydrogens (tertiary/aromatic N) is 1. The summed E-state index contributed by atoms with van der Waals surface area (Å²) in [4.78, 5) is 0. The van der Waals surface area contributed by atoms with E-state index in [1.165, 1.54) is 0 Å². The van der Waals surface area contributed by atoms with E-state index in [9.17, 15) is 0 Å². The first-order chi connectivity index (χ1) is 1.73. The third-order valence-electron chi connectivity index (χ3n) is 0. The van der Waals surface area contributed by atoms with Gasteiger partial charge in [0, 0.05) is 0 Å². The fourth-order valence-electron chi connectivity index (χ4n) is 0. The van der Waals surface area contributed by atoms with Gasteiger partial charge in [-0.3, -0.25) is 0 Å². The zero-order valence-electron chi connectivity index (χ0n) is 3.02. The van der Waals surface area contributed by atoms with Crippen molar-refractivity contribution in [2.45, 2.75) is 0 Å². The summed E-state index contributed by atoms with van der Waals surface area (Å²) in [5.74, 6) is 0. The molecule has 0 aliphatic heterocycles. The maximum absolute atomic E-state index is 2.17. The molecule has 0 aromatic heterocycles. The molecule has 0 N–H and O–H groups in total. The molecule has 0 amide bonds. The number of rotatable bonds is 0. The summed E-state index contributed by atoms with van der Waals surface area (Å²) in [6.45, 7) is 0. The van der Waals surface area contributed by atoms with Gasteiger partial charge in [0.2, 0.25) is 0 Å². The van der Waals surface area contributed by atoms with E-state index in [1.807, 2.05) is 0 Å². The Labute approximate surface area is 43.1 Å². The van der Waals surface area contributed by atoms with Crippen molar-refractivity contribution in [2.75, 3.05) is 14.1 Å². The third kappa shape index (κ3) is 13.1. The molecule has 0 spiro atoms. The Bertz CT molecular complexity index is 10.8. The van der Waals surface area contributed by atoms with Gasteiger partial charge in [0.25, 0.3) is 0 Å². The Morgan fingerprint density at radius 1 is 1.50 bits per heavy atom. The summed E-state index contributed by atoms with van der Waals surface area (Å²) in [5.41, 5.74) is 0. The summed E-state index contributed by atoms with van der Waals surface area (Å²) >= 11 is 1.02. The molecule has 0 unspecified atom stereocenters. The van der Waals surface area contributed by atoms with Gasteiger partial charge in [0.05, 0.1) is 0 Å². The maximum atomic E-state index is 2.17. The van der Waals surface area contributed by atoms with Crippen molar-refractivity contribution < 1.29 is 0 Å². The molecule has 0 bridgehead atoms. The van der Waals surface area contributed by atoms with E-state index in [2.05, 4.69) is 16.8 Å². The normalized spacial score (nSPS) is 9.00. The summed E-state index contributed by atoms with van der Waals surface area (Å²) in [6, 6.07) is 0. The minimum atomic E-state index is 1.02. The van der Waals surface area contributed by atoms with E-state index in [4.69, 9.17) is 0 Å². The standard InChI is InChI=1S/C2H6N.Pb.H/c1-3-2;;/h1-2H3;;/q-1;+1;. The molecule has 0 saturated carbocycles. The van der Waals surface area contributed by atoms with Crippen LogP contribution in [0.15, 0.2) is 0 Å². The van der Waals surface area contributed by atoms with E-state index in [0.717, 1.165) is 26.1 Å². The molecule has 0 aromatic rings. The van der Waals surface area contributed by atoms with E-state index in [1.54, 1.807) is 0 Å². The zero-order chi connectivity index (χ0) is 3.58. The van der Waals surface area contributed by atoms with Crippen LogP contribution in [0.2, 0.25) is 0 Å². The van der Waals surface area contributed by atoms with Gasteiger partial charge in [-0.25, -0.2) is 0 Å². The predicted molar refractivity (Wildman–Crippen MR) is 20.8 cm³/mol. The third-order valence-corrected chi connectivity index (χ3v) is 0. The molecule has 2 radical (unpaired) electrons. The van der Waals surface area contributed by atoms with Crippen LogP contribution < -0.4 is 0 Å². The molecule has 24 valence electrons. The first-order valence-corrected chi connectivity index (χ1v) is 3.16. The van der Waals surface area contributed by atoms with Crippen LogP contribution in [0.25, 0.3) is 0 Å². The van der Waals surface area contributed by atoms with Crippen molar-refractivity contribution in [3.8, 4) is 0 Å². The van der Waals surface area contributed by atoms with Gasteiger partial charge in [0.1, 0.15) is 0 Å². The van der Waals surface area contributed by atoms with Crippen LogP contribution in [0.1, 0.15) is 0 Å². The van der Waals surface area contributed by atoms with Crippen LogP contribution in [0, 0.1) is 0 Å². The van der Waals surface area contributed by atoms with Crippen molar-refractivity contribution in [3.05, 3.63) is 0 Å². The van der Waals surface area contributed by atoms with Crippen molar-refractivity contribution in [1.82, 2.24) is 2.71 Å². The first-order valence-electron chi connectivity index (χ1n) is 1.15. The fourth-order valence-corrected chi connectivity index (χ4v) is 0. The Morgan fingerprint density at radius 3 is 1.50 bits per heavy atom. The Morgan fingerprint density at radius 2 is 1.50 bits per heavy atom. The molecule has 0 heterocycles. The van der Waals surface area contributed by atoms with Gasteiger partial charge in [-0.2, -0.15) is 0 Å². The first kappa shape index (κ1) is 4.88. The number of hydrogen-bond donors (Lipinski definition) is 0. The van der Waals surface area contributed by atoms with Crippen molar-refractivity contribution in [2.24, 2.45) is 0 Å². The SMILES string of the molecule is C[N](C)[PbH]. The second kappa shape index (κ2) is 2.14. The van der Waals surface area contributed by atoms with E-state index < -0.39 is 0 Å². The van der Waals surface area contributed by atoms with Gasteiger partial charge >= 0.3 is 42.9 Å². The van der Waals surface area contributed by atoms with Gasteiger partial charge in [-0.1, -0.05) is 0 Å². The van der Waals surface area contributed by atoms with Gasteiger partial charge in [0.15, 0.2) is 0 Å². The molecule has 0 aliphatic rings. The molecular formula is C2H7NPb.